The first-order valence-corrected chi connectivity index (χ1v) is 12.0. The molecule has 1 unspecified atom stereocenters. The molecule has 166 valence electrons. The first kappa shape index (κ1) is 21.8. The molecule has 3 saturated carbocycles. The molecular weight excluding hydrogens is 368 g/mol. The minimum Gasteiger partial charge on any atom is -0.393 e. The van der Waals surface area contributed by atoms with Gasteiger partial charge in [-0.25, -0.2) is 0 Å². The van der Waals surface area contributed by atoms with E-state index in [1.807, 2.05) is 6.08 Å². The third-order valence-corrected chi connectivity index (χ3v) is 8.33. The minimum atomic E-state index is -0.657. The monoisotopic (exact) mass is 408 g/mol. The summed E-state index contributed by atoms with van der Waals surface area (Å²) in [6.45, 7) is 3.44. The summed E-state index contributed by atoms with van der Waals surface area (Å²) in [6, 6.07) is 0. The number of hydrogen-bond donors (Lipinski definition) is 2. The van der Waals surface area contributed by atoms with Crippen LogP contribution in [-0.2, 0) is 14.2 Å². The first-order valence-electron chi connectivity index (χ1n) is 12.0. The maximum atomic E-state index is 10.9. The molecule has 0 radical (unpaired) electrons. The second-order valence-corrected chi connectivity index (χ2v) is 9.69. The number of unbranched alkanes of at least 4 members (excludes halogenated alkanes) is 1. The van der Waals surface area contributed by atoms with Crippen LogP contribution in [0.15, 0.2) is 12.2 Å². The van der Waals surface area contributed by atoms with Gasteiger partial charge in [-0.2, -0.15) is 0 Å². The molecule has 1 saturated heterocycles. The Morgan fingerprint density at radius 2 is 1.86 bits per heavy atom. The van der Waals surface area contributed by atoms with Gasteiger partial charge in [-0.1, -0.05) is 51.2 Å². The quantitative estimate of drug-likeness (QED) is 0.627. The Labute approximate surface area is 175 Å². The predicted octanol–water partition coefficient (Wildman–Crippen LogP) is 3.82. The number of ether oxygens (including phenoxy) is 3. The van der Waals surface area contributed by atoms with Gasteiger partial charge in [0, 0.05) is 24.9 Å². The Kier molecular flexibility index (Phi) is 6.72. The van der Waals surface area contributed by atoms with Crippen molar-refractivity contribution in [3.05, 3.63) is 12.2 Å². The van der Waals surface area contributed by atoms with Crippen molar-refractivity contribution >= 4 is 0 Å². The Bertz CT molecular complexity index is 566. The Hall–Kier alpha value is -0.460. The lowest BCUT2D eigenvalue weighted by Gasteiger charge is -2.69. The molecule has 0 aromatic carbocycles. The van der Waals surface area contributed by atoms with Gasteiger partial charge < -0.3 is 24.4 Å². The van der Waals surface area contributed by atoms with Crippen molar-refractivity contribution in [2.75, 3.05) is 20.3 Å². The van der Waals surface area contributed by atoms with Crippen LogP contribution in [-0.4, -0.2) is 54.1 Å². The molecule has 3 aliphatic carbocycles. The fourth-order valence-corrected chi connectivity index (χ4v) is 6.91. The fraction of sp³-hybridized carbons (Fsp3) is 0.917. The SMILES string of the molecule is CCCCC1[C@@H]2[C@@H](/C=C/[C@@H](O)C3CCCCC3)[C@H](O)CC[C@]2(OC)C12OCCO2. The average molecular weight is 409 g/mol. The molecule has 1 spiro atoms. The van der Waals surface area contributed by atoms with E-state index in [-0.39, 0.29) is 17.8 Å². The normalized spacial score (nSPS) is 40.8. The molecule has 5 heteroatoms. The summed E-state index contributed by atoms with van der Waals surface area (Å²) in [5.41, 5.74) is -0.494. The average Bonchev–Trinajstić information content (AvgIpc) is 3.27. The zero-order valence-electron chi connectivity index (χ0n) is 18.2. The highest BCUT2D eigenvalue weighted by atomic mass is 16.8. The zero-order chi connectivity index (χ0) is 20.5. The predicted molar refractivity (Wildman–Crippen MR) is 111 cm³/mol. The number of aliphatic hydroxyl groups is 2. The van der Waals surface area contributed by atoms with E-state index in [1.54, 1.807) is 7.11 Å². The van der Waals surface area contributed by atoms with Crippen molar-refractivity contribution in [3.8, 4) is 0 Å². The van der Waals surface area contributed by atoms with E-state index in [1.165, 1.54) is 19.3 Å². The van der Waals surface area contributed by atoms with Crippen LogP contribution in [0.4, 0.5) is 0 Å². The molecule has 6 atom stereocenters. The van der Waals surface area contributed by atoms with Crippen molar-refractivity contribution in [2.45, 2.75) is 94.7 Å². The van der Waals surface area contributed by atoms with Crippen LogP contribution in [0.3, 0.4) is 0 Å². The molecule has 0 aromatic heterocycles. The molecular formula is C24H40O5. The Balaban J connectivity index is 1.57. The molecule has 0 bridgehead atoms. The smallest absolute Gasteiger partial charge is 0.201 e. The number of hydrogen-bond acceptors (Lipinski definition) is 5. The van der Waals surface area contributed by atoms with Crippen molar-refractivity contribution < 1.29 is 24.4 Å². The number of rotatable bonds is 7. The number of methoxy groups -OCH3 is 1. The van der Waals surface area contributed by atoms with Gasteiger partial charge in [-0.15, -0.1) is 0 Å². The maximum Gasteiger partial charge on any atom is 0.201 e. The second-order valence-electron chi connectivity index (χ2n) is 9.69. The molecule has 4 fully saturated rings. The molecule has 4 rings (SSSR count). The highest BCUT2D eigenvalue weighted by Gasteiger charge is 2.78. The molecule has 4 aliphatic rings. The van der Waals surface area contributed by atoms with Gasteiger partial charge in [-0.3, -0.25) is 0 Å². The van der Waals surface area contributed by atoms with Crippen LogP contribution in [0, 0.1) is 23.7 Å². The number of fused-ring (bicyclic) bond motifs is 2. The standard InChI is InChI=1S/C24H40O5/c1-3-4-10-19-22-18(11-12-20(25)17-8-6-5-7-9-17)21(26)13-14-23(22,27-2)24(19)28-15-16-29-24/h11-12,17-22,25-26H,3-10,13-16H2,1-2H3/b12-11+/t18-,19?,20+,21+,22-,23+/m0/s1. The van der Waals surface area contributed by atoms with Crippen LogP contribution < -0.4 is 0 Å². The lowest BCUT2D eigenvalue weighted by atomic mass is 9.46. The lowest BCUT2D eigenvalue weighted by Crippen LogP contribution is -2.80. The van der Waals surface area contributed by atoms with Crippen LogP contribution in [0.5, 0.6) is 0 Å². The lowest BCUT2D eigenvalue weighted by molar-refractivity contribution is -0.418. The summed E-state index contributed by atoms with van der Waals surface area (Å²) in [4.78, 5) is 0. The molecule has 1 heterocycles. The van der Waals surface area contributed by atoms with E-state index in [9.17, 15) is 10.2 Å². The molecule has 29 heavy (non-hydrogen) atoms. The van der Waals surface area contributed by atoms with E-state index >= 15 is 0 Å². The van der Waals surface area contributed by atoms with E-state index in [4.69, 9.17) is 14.2 Å². The van der Waals surface area contributed by atoms with Gasteiger partial charge in [0.2, 0.25) is 5.79 Å². The third-order valence-electron chi connectivity index (χ3n) is 8.33. The van der Waals surface area contributed by atoms with Crippen LogP contribution in [0.1, 0.15) is 71.1 Å². The van der Waals surface area contributed by atoms with Gasteiger partial charge in [-0.05, 0) is 38.0 Å². The van der Waals surface area contributed by atoms with E-state index in [2.05, 4.69) is 13.0 Å². The van der Waals surface area contributed by atoms with Gasteiger partial charge in [0.05, 0.1) is 25.4 Å². The van der Waals surface area contributed by atoms with Gasteiger partial charge >= 0.3 is 0 Å². The largest absolute Gasteiger partial charge is 0.393 e. The molecule has 2 N–H and O–H groups in total. The second kappa shape index (κ2) is 8.96. The molecule has 0 amide bonds. The van der Waals surface area contributed by atoms with Gasteiger partial charge in [0.1, 0.15) is 5.60 Å². The Morgan fingerprint density at radius 1 is 1.14 bits per heavy atom. The fourth-order valence-electron chi connectivity index (χ4n) is 6.91. The van der Waals surface area contributed by atoms with Crippen LogP contribution in [0.25, 0.3) is 0 Å². The zero-order valence-corrected chi connectivity index (χ0v) is 18.2. The van der Waals surface area contributed by atoms with Crippen molar-refractivity contribution in [1.29, 1.82) is 0 Å². The summed E-state index contributed by atoms with van der Waals surface area (Å²) in [5.74, 6) is 0.0628. The third kappa shape index (κ3) is 3.51. The highest BCUT2D eigenvalue weighted by Crippen LogP contribution is 2.67. The summed E-state index contributed by atoms with van der Waals surface area (Å²) in [6.07, 6.45) is 13.9. The molecule has 5 nitrogen and oxygen atoms in total. The summed E-state index contributed by atoms with van der Waals surface area (Å²) < 4.78 is 18.7. The van der Waals surface area contributed by atoms with Crippen LogP contribution >= 0.6 is 0 Å². The van der Waals surface area contributed by atoms with Gasteiger partial charge in [0.15, 0.2) is 0 Å². The summed E-state index contributed by atoms with van der Waals surface area (Å²) in [7, 11) is 1.77. The molecule has 0 aromatic rings. The summed E-state index contributed by atoms with van der Waals surface area (Å²) in [5, 5.41) is 21.7. The topological polar surface area (TPSA) is 68.2 Å². The molecule has 1 aliphatic heterocycles. The van der Waals surface area contributed by atoms with Crippen molar-refractivity contribution in [2.24, 2.45) is 23.7 Å². The maximum absolute atomic E-state index is 10.9. The van der Waals surface area contributed by atoms with Crippen LogP contribution in [0.2, 0.25) is 0 Å². The van der Waals surface area contributed by atoms with E-state index in [0.717, 1.165) is 38.5 Å². The van der Waals surface area contributed by atoms with Crippen molar-refractivity contribution in [3.63, 3.8) is 0 Å². The van der Waals surface area contributed by atoms with Crippen molar-refractivity contribution in [1.82, 2.24) is 0 Å². The highest BCUT2D eigenvalue weighted by molar-refractivity contribution is 5.24. The number of aliphatic hydroxyl groups excluding tert-OH is 2. The van der Waals surface area contributed by atoms with E-state index in [0.29, 0.717) is 25.6 Å². The summed E-state index contributed by atoms with van der Waals surface area (Å²) >= 11 is 0. The van der Waals surface area contributed by atoms with E-state index < -0.39 is 23.6 Å². The Morgan fingerprint density at radius 3 is 2.52 bits per heavy atom. The van der Waals surface area contributed by atoms with Gasteiger partial charge in [0.25, 0.3) is 0 Å². The first-order chi connectivity index (χ1) is 14.1. The minimum absolute atomic E-state index is 0.0257.